The molecule has 0 spiro atoms. The number of anilines is 1. The van der Waals surface area contributed by atoms with Crippen LogP contribution in [0.3, 0.4) is 0 Å². The maximum absolute atomic E-state index is 12.0. The lowest BCUT2D eigenvalue weighted by atomic mass is 10.1. The standard InChI is InChI=1S/C19H19NO2/c21-18-10-6-16(7-11-18)19(22)12-5-15-3-8-17(9-4-15)20-13-1-2-14-20/h3-12,21H,1-2,13-14H2/b12-5+. The van der Waals surface area contributed by atoms with Crippen LogP contribution in [0.1, 0.15) is 28.8 Å². The van der Waals surface area contributed by atoms with E-state index in [1.54, 1.807) is 18.2 Å². The number of benzene rings is 2. The molecule has 1 aliphatic heterocycles. The molecule has 0 aliphatic carbocycles. The Labute approximate surface area is 130 Å². The first kappa shape index (κ1) is 14.4. The molecule has 1 N–H and O–H groups in total. The lowest BCUT2D eigenvalue weighted by Gasteiger charge is -2.17. The smallest absolute Gasteiger partial charge is 0.185 e. The average Bonchev–Trinajstić information content (AvgIpc) is 3.08. The molecule has 2 aromatic carbocycles. The Hall–Kier alpha value is -2.55. The second-order valence-electron chi connectivity index (χ2n) is 5.53. The molecule has 22 heavy (non-hydrogen) atoms. The molecule has 3 heteroatoms. The summed E-state index contributed by atoms with van der Waals surface area (Å²) in [7, 11) is 0. The summed E-state index contributed by atoms with van der Waals surface area (Å²) in [6.45, 7) is 2.27. The van der Waals surface area contributed by atoms with Crippen LogP contribution >= 0.6 is 0 Å². The molecule has 3 rings (SSSR count). The van der Waals surface area contributed by atoms with Gasteiger partial charge in [-0.3, -0.25) is 4.79 Å². The summed E-state index contributed by atoms with van der Waals surface area (Å²) >= 11 is 0. The van der Waals surface area contributed by atoms with E-state index >= 15 is 0 Å². The third kappa shape index (κ3) is 3.37. The number of hydrogen-bond donors (Lipinski definition) is 1. The monoisotopic (exact) mass is 293 g/mol. The van der Waals surface area contributed by atoms with Crippen LogP contribution in [0.25, 0.3) is 6.08 Å². The fourth-order valence-corrected chi connectivity index (χ4v) is 2.67. The van der Waals surface area contributed by atoms with Crippen LogP contribution in [0.4, 0.5) is 5.69 Å². The Morgan fingerprint density at radius 3 is 2.23 bits per heavy atom. The number of phenols is 1. The van der Waals surface area contributed by atoms with Gasteiger partial charge in [-0.1, -0.05) is 18.2 Å². The normalized spacial score (nSPS) is 14.6. The van der Waals surface area contributed by atoms with Crippen molar-refractivity contribution in [3.63, 3.8) is 0 Å². The Morgan fingerprint density at radius 1 is 0.955 bits per heavy atom. The second kappa shape index (κ2) is 6.48. The van der Waals surface area contributed by atoms with E-state index in [0.717, 1.165) is 18.7 Å². The third-order valence-corrected chi connectivity index (χ3v) is 3.94. The number of carbonyl (C=O) groups excluding carboxylic acids is 1. The highest BCUT2D eigenvalue weighted by Crippen LogP contribution is 2.21. The molecule has 3 nitrogen and oxygen atoms in total. The van der Waals surface area contributed by atoms with Gasteiger partial charge in [-0.2, -0.15) is 0 Å². The summed E-state index contributed by atoms with van der Waals surface area (Å²) in [5, 5.41) is 9.23. The molecule has 112 valence electrons. The highest BCUT2D eigenvalue weighted by Gasteiger charge is 2.11. The SMILES string of the molecule is O=C(/C=C/c1ccc(N2CCCC2)cc1)c1ccc(O)cc1. The summed E-state index contributed by atoms with van der Waals surface area (Å²) in [5.74, 6) is 0.0988. The molecule has 0 radical (unpaired) electrons. The summed E-state index contributed by atoms with van der Waals surface area (Å²) < 4.78 is 0. The number of ketones is 1. The quantitative estimate of drug-likeness (QED) is 0.687. The number of hydrogen-bond acceptors (Lipinski definition) is 3. The van der Waals surface area contributed by atoms with Gasteiger partial charge in [-0.25, -0.2) is 0 Å². The fourth-order valence-electron chi connectivity index (χ4n) is 2.67. The van der Waals surface area contributed by atoms with Crippen molar-refractivity contribution < 1.29 is 9.90 Å². The van der Waals surface area contributed by atoms with Crippen LogP contribution in [0.5, 0.6) is 5.75 Å². The number of carbonyl (C=O) groups is 1. The minimum Gasteiger partial charge on any atom is -0.508 e. The maximum atomic E-state index is 12.0. The van der Waals surface area contributed by atoms with Crippen molar-refractivity contribution in [1.82, 2.24) is 0 Å². The summed E-state index contributed by atoms with van der Waals surface area (Å²) in [5.41, 5.74) is 2.83. The first-order chi connectivity index (χ1) is 10.7. The number of rotatable bonds is 4. The molecular weight excluding hydrogens is 274 g/mol. The molecule has 1 heterocycles. The molecule has 0 atom stereocenters. The van der Waals surface area contributed by atoms with Crippen LogP contribution < -0.4 is 4.90 Å². The molecule has 0 amide bonds. The van der Waals surface area contributed by atoms with Gasteiger partial charge in [-0.15, -0.1) is 0 Å². The van der Waals surface area contributed by atoms with Crippen LogP contribution in [0.2, 0.25) is 0 Å². The van der Waals surface area contributed by atoms with Gasteiger partial charge in [0.05, 0.1) is 0 Å². The highest BCUT2D eigenvalue weighted by atomic mass is 16.3. The lowest BCUT2D eigenvalue weighted by Crippen LogP contribution is -2.17. The Kier molecular flexibility index (Phi) is 4.24. The predicted octanol–water partition coefficient (Wildman–Crippen LogP) is 3.89. The summed E-state index contributed by atoms with van der Waals surface area (Å²) in [4.78, 5) is 14.4. The van der Waals surface area contributed by atoms with Gasteiger partial charge in [-0.05, 0) is 60.9 Å². The van der Waals surface area contributed by atoms with Crippen LogP contribution in [0.15, 0.2) is 54.6 Å². The average molecular weight is 293 g/mol. The predicted molar refractivity (Wildman–Crippen MR) is 89.4 cm³/mol. The van der Waals surface area contributed by atoms with Gasteiger partial charge in [0.25, 0.3) is 0 Å². The van der Waals surface area contributed by atoms with E-state index in [1.165, 1.54) is 30.7 Å². The molecular formula is C19H19NO2. The van der Waals surface area contributed by atoms with Crippen molar-refractivity contribution in [2.24, 2.45) is 0 Å². The largest absolute Gasteiger partial charge is 0.508 e. The zero-order valence-electron chi connectivity index (χ0n) is 12.4. The van der Waals surface area contributed by atoms with Crippen molar-refractivity contribution in [2.75, 3.05) is 18.0 Å². The maximum Gasteiger partial charge on any atom is 0.185 e. The Bertz CT molecular complexity index is 666. The van der Waals surface area contributed by atoms with E-state index in [2.05, 4.69) is 17.0 Å². The van der Waals surface area contributed by atoms with Crippen molar-refractivity contribution in [3.05, 3.63) is 65.7 Å². The number of aromatic hydroxyl groups is 1. The Morgan fingerprint density at radius 2 is 1.59 bits per heavy atom. The number of nitrogens with zero attached hydrogens (tertiary/aromatic N) is 1. The fraction of sp³-hybridized carbons (Fsp3) is 0.211. The van der Waals surface area contributed by atoms with Gasteiger partial charge in [0.15, 0.2) is 5.78 Å². The minimum atomic E-state index is -0.0661. The first-order valence-electron chi connectivity index (χ1n) is 7.59. The van der Waals surface area contributed by atoms with Gasteiger partial charge in [0, 0.05) is 24.3 Å². The van der Waals surface area contributed by atoms with E-state index in [9.17, 15) is 9.90 Å². The molecule has 2 aromatic rings. The molecule has 0 aromatic heterocycles. The van der Waals surface area contributed by atoms with E-state index in [4.69, 9.17) is 0 Å². The molecule has 0 bridgehead atoms. The van der Waals surface area contributed by atoms with E-state index < -0.39 is 0 Å². The highest BCUT2D eigenvalue weighted by molar-refractivity contribution is 6.06. The van der Waals surface area contributed by atoms with Crippen molar-refractivity contribution in [2.45, 2.75) is 12.8 Å². The van der Waals surface area contributed by atoms with Crippen molar-refractivity contribution in [1.29, 1.82) is 0 Å². The van der Waals surface area contributed by atoms with Crippen LogP contribution in [0, 0.1) is 0 Å². The van der Waals surface area contributed by atoms with Crippen molar-refractivity contribution in [3.8, 4) is 5.75 Å². The molecule has 0 saturated carbocycles. The topological polar surface area (TPSA) is 40.5 Å². The zero-order valence-corrected chi connectivity index (χ0v) is 12.4. The van der Waals surface area contributed by atoms with E-state index in [-0.39, 0.29) is 11.5 Å². The number of phenolic OH excluding ortho intramolecular Hbond substituents is 1. The van der Waals surface area contributed by atoms with Crippen LogP contribution in [-0.4, -0.2) is 24.0 Å². The number of allylic oxidation sites excluding steroid dienone is 1. The summed E-state index contributed by atoms with van der Waals surface area (Å²) in [6.07, 6.45) is 5.92. The van der Waals surface area contributed by atoms with E-state index in [1.807, 2.05) is 18.2 Å². The van der Waals surface area contributed by atoms with Gasteiger partial charge in [0.1, 0.15) is 5.75 Å². The molecule has 1 aliphatic rings. The molecule has 0 unspecified atom stereocenters. The van der Waals surface area contributed by atoms with E-state index in [0.29, 0.717) is 5.56 Å². The lowest BCUT2D eigenvalue weighted by molar-refractivity contribution is 0.104. The Balaban J connectivity index is 1.67. The second-order valence-corrected chi connectivity index (χ2v) is 5.53. The first-order valence-corrected chi connectivity index (χ1v) is 7.59. The minimum absolute atomic E-state index is 0.0661. The van der Waals surface area contributed by atoms with Gasteiger partial charge < -0.3 is 10.0 Å². The van der Waals surface area contributed by atoms with Crippen molar-refractivity contribution >= 4 is 17.5 Å². The van der Waals surface area contributed by atoms with Gasteiger partial charge in [0.2, 0.25) is 0 Å². The molecule has 1 saturated heterocycles. The van der Waals surface area contributed by atoms with Crippen LogP contribution in [-0.2, 0) is 0 Å². The third-order valence-electron chi connectivity index (χ3n) is 3.94. The summed E-state index contributed by atoms with van der Waals surface area (Å²) in [6, 6.07) is 14.6. The molecule has 1 fully saturated rings. The zero-order chi connectivity index (χ0) is 15.4. The van der Waals surface area contributed by atoms with Gasteiger partial charge >= 0.3 is 0 Å².